The summed E-state index contributed by atoms with van der Waals surface area (Å²) < 4.78 is 0. The Morgan fingerprint density at radius 3 is 2.36 bits per heavy atom. The summed E-state index contributed by atoms with van der Waals surface area (Å²) >= 11 is 0. The van der Waals surface area contributed by atoms with Gasteiger partial charge in [-0.25, -0.2) is 0 Å². The van der Waals surface area contributed by atoms with Crippen molar-refractivity contribution >= 4 is 11.8 Å². The van der Waals surface area contributed by atoms with Gasteiger partial charge in [-0.15, -0.1) is 0 Å². The highest BCUT2D eigenvalue weighted by Crippen LogP contribution is 2.61. The molecular formula is C18H30N2O2. The number of nitrogens with one attached hydrogen (secondary N) is 2. The summed E-state index contributed by atoms with van der Waals surface area (Å²) in [5, 5.41) is 6.42. The van der Waals surface area contributed by atoms with E-state index in [1.165, 1.54) is 19.3 Å². The molecule has 0 aromatic carbocycles. The summed E-state index contributed by atoms with van der Waals surface area (Å²) in [6.45, 7) is 4.59. The molecule has 4 rings (SSSR count). The van der Waals surface area contributed by atoms with Crippen molar-refractivity contribution < 1.29 is 9.59 Å². The number of unbranched alkanes of at least 4 members (excludes halogenated alkanes) is 2. The third-order valence-electron chi connectivity index (χ3n) is 6.05. The lowest BCUT2D eigenvalue weighted by Gasteiger charge is -2.61. The Morgan fingerprint density at radius 1 is 1.09 bits per heavy atom. The van der Waals surface area contributed by atoms with Crippen molar-refractivity contribution in [1.29, 1.82) is 0 Å². The van der Waals surface area contributed by atoms with Gasteiger partial charge < -0.3 is 10.6 Å². The molecule has 2 atom stereocenters. The topological polar surface area (TPSA) is 58.2 Å². The maximum Gasteiger partial charge on any atom is 0.226 e. The Kier molecular flexibility index (Phi) is 4.21. The second-order valence-electron chi connectivity index (χ2n) is 8.17. The Labute approximate surface area is 133 Å². The molecular weight excluding hydrogens is 276 g/mol. The van der Waals surface area contributed by atoms with Gasteiger partial charge in [0.2, 0.25) is 11.8 Å². The van der Waals surface area contributed by atoms with E-state index in [-0.39, 0.29) is 22.8 Å². The van der Waals surface area contributed by atoms with E-state index in [2.05, 4.69) is 17.6 Å². The standard InChI is InChI=1S/C18H30N2O2/c1-3-4-5-6-19-16(22)17-8-14-7-15(9-17)11-18(10-14,12-17)20-13(2)21/h14-15H,3-12H2,1-2H3,(H,19,22)(H,20,21)/t14-,15-,17?,18?/m1/s1. The van der Waals surface area contributed by atoms with Crippen molar-refractivity contribution in [3.63, 3.8) is 0 Å². The molecule has 4 nitrogen and oxygen atoms in total. The molecule has 4 aliphatic carbocycles. The van der Waals surface area contributed by atoms with Crippen LogP contribution in [-0.4, -0.2) is 23.9 Å². The molecule has 0 aliphatic heterocycles. The number of carbonyl (C=O) groups is 2. The van der Waals surface area contributed by atoms with Crippen LogP contribution in [0, 0.1) is 17.3 Å². The number of hydrogen-bond acceptors (Lipinski definition) is 2. The molecule has 124 valence electrons. The molecule has 4 heteroatoms. The van der Waals surface area contributed by atoms with E-state index in [9.17, 15) is 9.59 Å². The molecule has 0 radical (unpaired) electrons. The van der Waals surface area contributed by atoms with Crippen LogP contribution in [0.15, 0.2) is 0 Å². The lowest BCUT2D eigenvalue weighted by atomic mass is 9.46. The minimum atomic E-state index is -0.210. The fourth-order valence-corrected chi connectivity index (χ4v) is 5.81. The third-order valence-corrected chi connectivity index (χ3v) is 6.05. The summed E-state index contributed by atoms with van der Waals surface area (Å²) in [7, 11) is 0. The second-order valence-corrected chi connectivity index (χ2v) is 8.17. The Balaban J connectivity index is 1.70. The average molecular weight is 306 g/mol. The molecule has 2 N–H and O–H groups in total. The van der Waals surface area contributed by atoms with Gasteiger partial charge in [0, 0.05) is 19.0 Å². The molecule has 0 heterocycles. The average Bonchev–Trinajstić information content (AvgIpc) is 2.40. The fraction of sp³-hybridized carbons (Fsp3) is 0.889. The second kappa shape index (κ2) is 5.86. The largest absolute Gasteiger partial charge is 0.356 e. The summed E-state index contributed by atoms with van der Waals surface area (Å²) in [6, 6.07) is 0. The summed E-state index contributed by atoms with van der Waals surface area (Å²) in [6.07, 6.45) is 9.75. The van der Waals surface area contributed by atoms with Gasteiger partial charge in [0.15, 0.2) is 0 Å². The predicted molar refractivity (Wildman–Crippen MR) is 86.2 cm³/mol. The monoisotopic (exact) mass is 306 g/mol. The van der Waals surface area contributed by atoms with E-state index in [1.54, 1.807) is 6.92 Å². The lowest BCUT2D eigenvalue weighted by molar-refractivity contribution is -0.153. The highest BCUT2D eigenvalue weighted by Gasteiger charge is 2.60. The van der Waals surface area contributed by atoms with Crippen LogP contribution in [0.1, 0.15) is 71.6 Å². The van der Waals surface area contributed by atoms with Gasteiger partial charge in [-0.1, -0.05) is 19.8 Å². The zero-order valence-corrected chi connectivity index (χ0v) is 14.0. The first-order chi connectivity index (χ1) is 10.5. The van der Waals surface area contributed by atoms with Gasteiger partial charge in [-0.2, -0.15) is 0 Å². The molecule has 0 saturated heterocycles. The van der Waals surface area contributed by atoms with Gasteiger partial charge in [-0.3, -0.25) is 9.59 Å². The minimum Gasteiger partial charge on any atom is -0.356 e. The molecule has 0 aromatic rings. The van der Waals surface area contributed by atoms with Crippen LogP contribution in [0.3, 0.4) is 0 Å². The SMILES string of the molecule is CCCCCNC(=O)C12C[C@H]3C[C@@H](CC(NC(C)=O)(C3)C1)C2. The van der Waals surface area contributed by atoms with Crippen LogP contribution in [0.5, 0.6) is 0 Å². The van der Waals surface area contributed by atoms with E-state index in [0.29, 0.717) is 11.8 Å². The highest BCUT2D eigenvalue weighted by molar-refractivity contribution is 5.83. The summed E-state index contributed by atoms with van der Waals surface area (Å²) in [5.74, 6) is 1.55. The van der Waals surface area contributed by atoms with Gasteiger partial charge in [0.05, 0.1) is 5.41 Å². The molecule has 0 aromatic heterocycles. The first kappa shape index (κ1) is 15.8. The molecule has 2 amide bonds. The lowest BCUT2D eigenvalue weighted by Crippen LogP contribution is -2.65. The number of hydrogen-bond donors (Lipinski definition) is 2. The first-order valence-corrected chi connectivity index (χ1v) is 9.04. The van der Waals surface area contributed by atoms with Crippen molar-refractivity contribution in [2.45, 2.75) is 77.2 Å². The molecule has 0 unspecified atom stereocenters. The highest BCUT2D eigenvalue weighted by atomic mass is 16.2. The van der Waals surface area contributed by atoms with E-state index in [4.69, 9.17) is 0 Å². The Bertz CT molecular complexity index is 446. The smallest absolute Gasteiger partial charge is 0.226 e. The van der Waals surface area contributed by atoms with Crippen molar-refractivity contribution in [1.82, 2.24) is 10.6 Å². The zero-order valence-electron chi connectivity index (χ0n) is 14.0. The van der Waals surface area contributed by atoms with E-state index in [1.807, 2.05) is 0 Å². The molecule has 4 fully saturated rings. The van der Waals surface area contributed by atoms with Crippen LogP contribution in [0.4, 0.5) is 0 Å². The number of carbonyl (C=O) groups excluding carboxylic acids is 2. The summed E-state index contributed by atoms with van der Waals surface area (Å²) in [4.78, 5) is 24.5. The van der Waals surface area contributed by atoms with Crippen LogP contribution in [0.25, 0.3) is 0 Å². The van der Waals surface area contributed by atoms with Crippen molar-refractivity contribution in [3.8, 4) is 0 Å². The minimum absolute atomic E-state index is 0.0560. The van der Waals surface area contributed by atoms with E-state index >= 15 is 0 Å². The Morgan fingerprint density at radius 2 is 1.77 bits per heavy atom. The molecule has 22 heavy (non-hydrogen) atoms. The molecule has 0 spiro atoms. The summed E-state index contributed by atoms with van der Waals surface area (Å²) in [5.41, 5.74) is -0.310. The van der Waals surface area contributed by atoms with Crippen LogP contribution >= 0.6 is 0 Å². The number of rotatable bonds is 6. The normalized spacial score (nSPS) is 38.8. The van der Waals surface area contributed by atoms with Gasteiger partial charge in [0.1, 0.15) is 0 Å². The fourth-order valence-electron chi connectivity index (χ4n) is 5.81. The third kappa shape index (κ3) is 2.89. The predicted octanol–water partition coefficient (Wildman–Crippen LogP) is 2.77. The van der Waals surface area contributed by atoms with Gasteiger partial charge in [0.25, 0.3) is 0 Å². The van der Waals surface area contributed by atoms with E-state index < -0.39 is 0 Å². The molecule has 4 bridgehead atoms. The van der Waals surface area contributed by atoms with Crippen molar-refractivity contribution in [2.75, 3.05) is 6.54 Å². The maximum absolute atomic E-state index is 12.9. The van der Waals surface area contributed by atoms with Crippen LogP contribution < -0.4 is 10.6 Å². The Hall–Kier alpha value is -1.06. The first-order valence-electron chi connectivity index (χ1n) is 9.04. The van der Waals surface area contributed by atoms with Crippen LogP contribution in [-0.2, 0) is 9.59 Å². The quantitative estimate of drug-likeness (QED) is 0.741. The van der Waals surface area contributed by atoms with Crippen LogP contribution in [0.2, 0.25) is 0 Å². The van der Waals surface area contributed by atoms with Crippen molar-refractivity contribution in [2.24, 2.45) is 17.3 Å². The molecule has 4 saturated carbocycles. The van der Waals surface area contributed by atoms with Gasteiger partial charge in [-0.05, 0) is 56.8 Å². The van der Waals surface area contributed by atoms with E-state index in [0.717, 1.165) is 45.1 Å². The zero-order chi connectivity index (χ0) is 15.8. The number of amides is 2. The van der Waals surface area contributed by atoms with Crippen molar-refractivity contribution in [3.05, 3.63) is 0 Å². The van der Waals surface area contributed by atoms with Gasteiger partial charge >= 0.3 is 0 Å². The molecule has 4 aliphatic rings. The maximum atomic E-state index is 12.9.